The highest BCUT2D eigenvalue weighted by Gasteiger charge is 2.37. The van der Waals surface area contributed by atoms with Crippen molar-refractivity contribution in [3.8, 4) is 0 Å². The monoisotopic (exact) mass is 288 g/mol. The van der Waals surface area contributed by atoms with E-state index in [1.807, 2.05) is 24.3 Å². The van der Waals surface area contributed by atoms with Crippen molar-refractivity contribution in [3.63, 3.8) is 0 Å². The summed E-state index contributed by atoms with van der Waals surface area (Å²) < 4.78 is 0. The third-order valence-corrected chi connectivity index (χ3v) is 4.43. The first kappa shape index (κ1) is 14.1. The molecule has 0 saturated carbocycles. The Bertz CT molecular complexity index is 552. The minimum atomic E-state index is -0.923. The van der Waals surface area contributed by atoms with Gasteiger partial charge in [-0.15, -0.1) is 0 Å². The molecule has 0 bridgehead atoms. The van der Waals surface area contributed by atoms with Crippen LogP contribution >= 0.6 is 0 Å². The Morgan fingerprint density at radius 3 is 2.62 bits per heavy atom. The summed E-state index contributed by atoms with van der Waals surface area (Å²) in [5.74, 6) is -0.995. The molecular formula is C16H20N2O3. The number of benzene rings is 1. The Balaban J connectivity index is 1.85. The van der Waals surface area contributed by atoms with Crippen LogP contribution in [0, 0.1) is 0 Å². The van der Waals surface area contributed by atoms with Crippen molar-refractivity contribution in [3.05, 3.63) is 35.4 Å². The van der Waals surface area contributed by atoms with E-state index >= 15 is 0 Å². The number of hydrogen-bond acceptors (Lipinski definition) is 3. The number of rotatable bonds is 2. The van der Waals surface area contributed by atoms with E-state index in [1.54, 1.807) is 0 Å². The fraction of sp³-hybridized carbons (Fsp3) is 0.500. The maximum absolute atomic E-state index is 12.7. The zero-order valence-electron chi connectivity index (χ0n) is 11.9. The lowest BCUT2D eigenvalue weighted by Gasteiger charge is -2.37. The molecule has 2 aliphatic rings. The number of piperidine rings is 1. The molecule has 3 rings (SSSR count). The highest BCUT2D eigenvalue weighted by atomic mass is 16.4. The largest absolute Gasteiger partial charge is 0.480 e. The van der Waals surface area contributed by atoms with Crippen LogP contribution in [0.3, 0.4) is 0 Å². The van der Waals surface area contributed by atoms with Gasteiger partial charge in [-0.25, -0.2) is 4.79 Å². The maximum Gasteiger partial charge on any atom is 0.326 e. The Morgan fingerprint density at radius 1 is 1.19 bits per heavy atom. The molecule has 1 fully saturated rings. The summed E-state index contributed by atoms with van der Waals surface area (Å²) in [5.41, 5.74) is 2.09. The summed E-state index contributed by atoms with van der Waals surface area (Å²) >= 11 is 0. The van der Waals surface area contributed by atoms with Crippen molar-refractivity contribution in [2.75, 3.05) is 6.54 Å². The average Bonchev–Trinajstić information content (AvgIpc) is 2.53. The number of nitrogens with one attached hydrogen (secondary N) is 1. The van der Waals surface area contributed by atoms with E-state index < -0.39 is 12.0 Å². The van der Waals surface area contributed by atoms with Gasteiger partial charge in [0, 0.05) is 13.0 Å². The van der Waals surface area contributed by atoms with Crippen LogP contribution in [0.2, 0.25) is 0 Å². The molecular weight excluding hydrogens is 268 g/mol. The van der Waals surface area contributed by atoms with Gasteiger partial charge in [-0.3, -0.25) is 4.79 Å². The lowest BCUT2D eigenvalue weighted by atomic mass is 9.92. The second-order valence-corrected chi connectivity index (χ2v) is 5.80. The number of carbonyl (C=O) groups is 2. The molecule has 2 N–H and O–H groups in total. The van der Waals surface area contributed by atoms with Crippen molar-refractivity contribution in [1.29, 1.82) is 0 Å². The van der Waals surface area contributed by atoms with Crippen LogP contribution in [0.25, 0.3) is 0 Å². The molecule has 112 valence electrons. The third kappa shape index (κ3) is 2.78. The number of fused-ring (bicyclic) bond motifs is 1. The molecule has 0 spiro atoms. The van der Waals surface area contributed by atoms with Crippen LogP contribution in [0.5, 0.6) is 0 Å². The van der Waals surface area contributed by atoms with Gasteiger partial charge in [0.1, 0.15) is 6.04 Å². The lowest BCUT2D eigenvalue weighted by molar-refractivity contribution is -0.152. The summed E-state index contributed by atoms with van der Waals surface area (Å²) in [6.07, 6.45) is 3.29. The average molecular weight is 288 g/mol. The van der Waals surface area contributed by atoms with Crippen LogP contribution in [-0.4, -0.2) is 40.5 Å². The molecule has 21 heavy (non-hydrogen) atoms. The highest BCUT2D eigenvalue weighted by molar-refractivity contribution is 5.87. The van der Waals surface area contributed by atoms with Crippen molar-refractivity contribution in [1.82, 2.24) is 10.2 Å². The lowest BCUT2D eigenvalue weighted by Crippen LogP contribution is -2.55. The quantitative estimate of drug-likeness (QED) is 0.857. The number of hydrogen-bond donors (Lipinski definition) is 2. The number of amides is 1. The van der Waals surface area contributed by atoms with E-state index in [4.69, 9.17) is 0 Å². The molecule has 1 aromatic rings. The van der Waals surface area contributed by atoms with Crippen LogP contribution in [0.1, 0.15) is 30.4 Å². The molecule has 5 nitrogen and oxygen atoms in total. The Labute approximate surface area is 123 Å². The Kier molecular flexibility index (Phi) is 3.92. The van der Waals surface area contributed by atoms with Crippen molar-refractivity contribution in [2.45, 2.75) is 44.3 Å². The molecule has 0 radical (unpaired) electrons. The highest BCUT2D eigenvalue weighted by Crippen LogP contribution is 2.25. The van der Waals surface area contributed by atoms with E-state index in [-0.39, 0.29) is 11.9 Å². The molecule has 5 heteroatoms. The van der Waals surface area contributed by atoms with Crippen LogP contribution < -0.4 is 5.32 Å². The summed E-state index contributed by atoms with van der Waals surface area (Å²) in [4.78, 5) is 25.8. The number of nitrogens with zero attached hydrogens (tertiary/aromatic N) is 1. The zero-order valence-corrected chi connectivity index (χ0v) is 11.9. The van der Waals surface area contributed by atoms with Crippen molar-refractivity contribution in [2.24, 2.45) is 0 Å². The van der Waals surface area contributed by atoms with Crippen LogP contribution in [0.4, 0.5) is 0 Å². The van der Waals surface area contributed by atoms with E-state index in [0.29, 0.717) is 13.0 Å². The number of aliphatic carboxylic acids is 1. The molecule has 0 aromatic heterocycles. The summed E-state index contributed by atoms with van der Waals surface area (Å²) in [6.45, 7) is 1.22. The number of carboxylic acid groups (broad SMARTS) is 1. The van der Waals surface area contributed by atoms with Gasteiger partial charge in [-0.2, -0.15) is 0 Å². The predicted molar refractivity (Wildman–Crippen MR) is 77.8 cm³/mol. The first-order chi connectivity index (χ1) is 10.2. The first-order valence-electron chi connectivity index (χ1n) is 7.50. The molecule has 0 unspecified atom stereocenters. The van der Waals surface area contributed by atoms with E-state index in [0.717, 1.165) is 36.9 Å². The summed E-state index contributed by atoms with van der Waals surface area (Å²) in [5, 5.41) is 12.7. The molecule has 2 heterocycles. The number of carbonyl (C=O) groups excluding carboxylic acids is 1. The fourth-order valence-corrected chi connectivity index (χ4v) is 3.24. The second kappa shape index (κ2) is 5.85. The standard InChI is InChI=1S/C16H20N2O3/c19-15(13-7-3-4-8-17-13)18-10-12-6-2-1-5-11(12)9-14(18)16(20)21/h1-2,5-6,13-14,17H,3-4,7-10H2,(H,20,21)/t13-,14-/m1/s1. The van der Waals surface area contributed by atoms with Gasteiger partial charge < -0.3 is 15.3 Å². The second-order valence-electron chi connectivity index (χ2n) is 5.80. The van der Waals surface area contributed by atoms with Crippen molar-refractivity contribution >= 4 is 11.9 Å². The Morgan fingerprint density at radius 2 is 1.95 bits per heavy atom. The normalized spacial score (nSPS) is 25.2. The third-order valence-electron chi connectivity index (χ3n) is 4.43. The minimum Gasteiger partial charge on any atom is -0.480 e. The van der Waals surface area contributed by atoms with Gasteiger partial charge in [0.25, 0.3) is 0 Å². The van der Waals surface area contributed by atoms with Gasteiger partial charge >= 0.3 is 5.97 Å². The van der Waals surface area contributed by atoms with Crippen LogP contribution in [0.15, 0.2) is 24.3 Å². The molecule has 2 atom stereocenters. The van der Waals surface area contributed by atoms with Gasteiger partial charge in [0.2, 0.25) is 5.91 Å². The molecule has 2 aliphatic heterocycles. The van der Waals surface area contributed by atoms with Gasteiger partial charge in [-0.05, 0) is 30.5 Å². The minimum absolute atomic E-state index is 0.0726. The van der Waals surface area contributed by atoms with Gasteiger partial charge in [-0.1, -0.05) is 30.7 Å². The molecule has 0 aliphatic carbocycles. The zero-order chi connectivity index (χ0) is 14.8. The molecule has 1 saturated heterocycles. The predicted octanol–water partition coefficient (Wildman–Crippen LogP) is 1.17. The topological polar surface area (TPSA) is 69.6 Å². The SMILES string of the molecule is O=C(O)[C@H]1Cc2ccccc2CN1C(=O)[C@H]1CCCCN1. The fourth-order valence-electron chi connectivity index (χ4n) is 3.24. The van der Waals surface area contributed by atoms with E-state index in [9.17, 15) is 14.7 Å². The van der Waals surface area contributed by atoms with E-state index in [1.165, 1.54) is 4.90 Å². The number of carboxylic acids is 1. The van der Waals surface area contributed by atoms with E-state index in [2.05, 4.69) is 5.32 Å². The Hall–Kier alpha value is -1.88. The first-order valence-corrected chi connectivity index (χ1v) is 7.50. The van der Waals surface area contributed by atoms with Crippen LogP contribution in [-0.2, 0) is 22.6 Å². The van der Waals surface area contributed by atoms with Gasteiger partial charge in [0.15, 0.2) is 0 Å². The molecule has 1 amide bonds. The summed E-state index contributed by atoms with van der Waals surface area (Å²) in [7, 11) is 0. The smallest absolute Gasteiger partial charge is 0.326 e. The van der Waals surface area contributed by atoms with Crippen molar-refractivity contribution < 1.29 is 14.7 Å². The molecule has 1 aromatic carbocycles. The summed E-state index contributed by atoms with van der Waals surface area (Å²) in [6, 6.07) is 6.79. The van der Waals surface area contributed by atoms with Gasteiger partial charge in [0.05, 0.1) is 6.04 Å². The maximum atomic E-state index is 12.7.